The van der Waals surface area contributed by atoms with E-state index in [4.69, 9.17) is 18.9 Å². The molecule has 1 aliphatic rings. The third-order valence-corrected chi connectivity index (χ3v) is 6.84. The quantitative estimate of drug-likeness (QED) is 0.147. The Morgan fingerprint density at radius 2 is 1.46 bits per heavy atom. The number of amides is 1. The lowest BCUT2D eigenvalue weighted by Crippen LogP contribution is -2.66. The van der Waals surface area contributed by atoms with Crippen molar-refractivity contribution in [3.8, 4) is 11.5 Å². The summed E-state index contributed by atoms with van der Waals surface area (Å²) in [4.78, 5) is 39.6. The van der Waals surface area contributed by atoms with Gasteiger partial charge in [-0.05, 0) is 47.9 Å². The first-order valence-electron chi connectivity index (χ1n) is 12.5. The van der Waals surface area contributed by atoms with Gasteiger partial charge in [-0.1, -0.05) is 61.2 Å². The molecule has 8 nitrogen and oxygen atoms in total. The first-order chi connectivity index (χ1) is 18.9. The number of carbonyl (C=O) groups is 3. The van der Waals surface area contributed by atoms with Crippen LogP contribution in [-0.2, 0) is 25.7 Å². The van der Waals surface area contributed by atoms with E-state index in [0.29, 0.717) is 17.8 Å². The lowest BCUT2D eigenvalue weighted by atomic mass is 9.76. The predicted octanol–water partition coefficient (Wildman–Crippen LogP) is 5.12. The normalized spacial score (nSPS) is 17.1. The molecule has 0 N–H and O–H groups in total. The minimum Gasteiger partial charge on any atom is -0.497 e. The molecule has 39 heavy (non-hydrogen) atoms. The zero-order valence-corrected chi connectivity index (χ0v) is 22.1. The van der Waals surface area contributed by atoms with Gasteiger partial charge in [0.25, 0.3) is 0 Å². The molecule has 0 spiro atoms. The van der Waals surface area contributed by atoms with Gasteiger partial charge in [-0.25, -0.2) is 4.79 Å². The molecule has 1 unspecified atom stereocenters. The minimum absolute atomic E-state index is 0.0403. The molecule has 0 saturated carbocycles. The molecule has 3 aromatic rings. The third-order valence-electron chi connectivity index (χ3n) is 6.84. The van der Waals surface area contributed by atoms with Crippen molar-refractivity contribution < 1.29 is 33.3 Å². The third kappa shape index (κ3) is 5.95. The molecule has 1 aliphatic heterocycles. The van der Waals surface area contributed by atoms with E-state index in [9.17, 15) is 14.4 Å². The lowest BCUT2D eigenvalue weighted by molar-refractivity contribution is -0.165. The van der Waals surface area contributed by atoms with Crippen LogP contribution in [0.5, 0.6) is 11.5 Å². The van der Waals surface area contributed by atoms with E-state index in [1.54, 1.807) is 26.0 Å². The Kier molecular flexibility index (Phi) is 8.66. The molecule has 1 amide bonds. The minimum atomic E-state index is -0.894. The van der Waals surface area contributed by atoms with Gasteiger partial charge in [0, 0.05) is 5.57 Å². The van der Waals surface area contributed by atoms with Crippen LogP contribution in [0.4, 0.5) is 4.79 Å². The van der Waals surface area contributed by atoms with Crippen LogP contribution in [0.15, 0.2) is 91.0 Å². The molecule has 4 rings (SSSR count). The van der Waals surface area contributed by atoms with Crippen molar-refractivity contribution >= 4 is 18.3 Å². The molecule has 3 aromatic carbocycles. The largest absolute Gasteiger partial charge is 0.508 e. The molecule has 0 aromatic heterocycles. The second-order valence-electron chi connectivity index (χ2n) is 9.20. The van der Waals surface area contributed by atoms with Crippen LogP contribution in [0, 0.1) is 5.92 Å². The van der Waals surface area contributed by atoms with Gasteiger partial charge in [0.05, 0.1) is 32.2 Å². The van der Waals surface area contributed by atoms with Crippen molar-refractivity contribution in [3.63, 3.8) is 0 Å². The molecule has 1 heterocycles. The summed E-state index contributed by atoms with van der Waals surface area (Å²) in [5.74, 6) is 0.267. The fourth-order valence-corrected chi connectivity index (χ4v) is 4.82. The average molecular weight is 530 g/mol. The fraction of sp³-hybridized carbons (Fsp3) is 0.258. The van der Waals surface area contributed by atoms with Crippen molar-refractivity contribution in [1.29, 1.82) is 0 Å². The van der Waals surface area contributed by atoms with Gasteiger partial charge in [-0.3, -0.25) is 9.59 Å². The standard InChI is InChI=1S/C31H31NO7/c1-20(18-33)28-27(21(2)39-31(35)38-19-22-8-6-5-7-9-22)30(34)32(28)29(23-10-14-25(36-3)15-11-23)24-12-16-26(37-4)17-13-24/h5-18,21,27-29H,1,19H2,2-4H3/t21?,27-,28-/m1/s1. The number of aldehydes is 1. The van der Waals surface area contributed by atoms with Crippen LogP contribution < -0.4 is 9.47 Å². The van der Waals surface area contributed by atoms with Gasteiger partial charge < -0.3 is 23.8 Å². The molecule has 202 valence electrons. The Balaban J connectivity index is 1.59. The van der Waals surface area contributed by atoms with E-state index in [0.717, 1.165) is 16.7 Å². The summed E-state index contributed by atoms with van der Waals surface area (Å²) in [6.45, 7) is 5.57. The van der Waals surface area contributed by atoms with Gasteiger partial charge in [-0.2, -0.15) is 0 Å². The van der Waals surface area contributed by atoms with E-state index < -0.39 is 30.3 Å². The Morgan fingerprint density at radius 3 is 1.95 bits per heavy atom. The number of benzene rings is 3. The van der Waals surface area contributed by atoms with Crippen molar-refractivity contribution in [2.45, 2.75) is 31.7 Å². The topological polar surface area (TPSA) is 91.4 Å². The lowest BCUT2D eigenvalue weighted by Gasteiger charge is -2.52. The van der Waals surface area contributed by atoms with Gasteiger partial charge in [0.2, 0.25) is 5.91 Å². The summed E-state index contributed by atoms with van der Waals surface area (Å²) in [7, 11) is 3.16. The van der Waals surface area contributed by atoms with Gasteiger partial charge in [-0.15, -0.1) is 0 Å². The maximum atomic E-state index is 13.7. The summed E-state index contributed by atoms with van der Waals surface area (Å²) >= 11 is 0. The first kappa shape index (κ1) is 27.4. The van der Waals surface area contributed by atoms with Crippen LogP contribution in [0.3, 0.4) is 0 Å². The maximum Gasteiger partial charge on any atom is 0.508 e. The first-order valence-corrected chi connectivity index (χ1v) is 12.5. The van der Waals surface area contributed by atoms with Crippen molar-refractivity contribution in [2.75, 3.05) is 14.2 Å². The van der Waals surface area contributed by atoms with E-state index >= 15 is 0 Å². The smallest absolute Gasteiger partial charge is 0.497 e. The fourth-order valence-electron chi connectivity index (χ4n) is 4.82. The van der Waals surface area contributed by atoms with Crippen LogP contribution >= 0.6 is 0 Å². The van der Waals surface area contributed by atoms with Crippen LogP contribution in [0.2, 0.25) is 0 Å². The number of methoxy groups -OCH3 is 2. The van der Waals surface area contributed by atoms with Crippen LogP contribution in [0.25, 0.3) is 0 Å². The molecule has 3 atom stereocenters. The summed E-state index contributed by atoms with van der Waals surface area (Å²) < 4.78 is 21.3. The molecular formula is C31H31NO7. The highest BCUT2D eigenvalue weighted by Crippen LogP contribution is 2.44. The Hall–Kier alpha value is -4.59. The SMILES string of the molecule is C=C(C=O)[C@@H]1[C@@H](C(C)OC(=O)OCc2ccccc2)C(=O)N1C(c1ccc(OC)cc1)c1ccc(OC)cc1. The van der Waals surface area contributed by atoms with E-state index in [1.165, 1.54) is 0 Å². The Labute approximate surface area is 227 Å². The summed E-state index contributed by atoms with van der Waals surface area (Å²) in [6.07, 6.45) is -1.11. The molecule has 1 saturated heterocycles. The summed E-state index contributed by atoms with van der Waals surface area (Å²) in [5.41, 5.74) is 2.64. The number of ether oxygens (including phenoxy) is 4. The number of hydrogen-bond acceptors (Lipinski definition) is 7. The van der Waals surface area contributed by atoms with E-state index in [1.807, 2.05) is 78.9 Å². The van der Waals surface area contributed by atoms with Gasteiger partial charge >= 0.3 is 6.16 Å². The van der Waals surface area contributed by atoms with Crippen LogP contribution in [0.1, 0.15) is 29.7 Å². The van der Waals surface area contributed by atoms with Gasteiger partial charge in [0.1, 0.15) is 30.5 Å². The summed E-state index contributed by atoms with van der Waals surface area (Å²) in [5, 5.41) is 0. The second-order valence-corrected chi connectivity index (χ2v) is 9.20. The second kappa shape index (κ2) is 12.3. The highest BCUT2D eigenvalue weighted by Gasteiger charge is 2.55. The number of hydrogen-bond donors (Lipinski definition) is 0. The molecule has 0 aliphatic carbocycles. The molecule has 0 bridgehead atoms. The highest BCUT2D eigenvalue weighted by molar-refractivity contribution is 5.92. The molecule has 0 radical (unpaired) electrons. The van der Waals surface area contributed by atoms with Crippen molar-refractivity contribution in [3.05, 3.63) is 108 Å². The average Bonchev–Trinajstić information content (AvgIpc) is 2.97. The van der Waals surface area contributed by atoms with E-state index in [-0.39, 0.29) is 18.1 Å². The number of carbonyl (C=O) groups excluding carboxylic acids is 3. The van der Waals surface area contributed by atoms with E-state index in [2.05, 4.69) is 6.58 Å². The van der Waals surface area contributed by atoms with Crippen molar-refractivity contribution in [1.82, 2.24) is 4.90 Å². The van der Waals surface area contributed by atoms with Crippen molar-refractivity contribution in [2.24, 2.45) is 5.92 Å². The highest BCUT2D eigenvalue weighted by atomic mass is 16.7. The molecule has 8 heteroatoms. The number of nitrogens with zero attached hydrogens (tertiary/aromatic N) is 1. The number of β-lactam (4-membered cyclic amide) rings is 1. The number of likely N-dealkylation sites (tertiary alicyclic amines) is 1. The summed E-state index contributed by atoms with van der Waals surface area (Å²) in [6, 6.07) is 22.7. The zero-order valence-electron chi connectivity index (χ0n) is 22.1. The Morgan fingerprint density at radius 1 is 0.923 bits per heavy atom. The van der Waals surface area contributed by atoms with Gasteiger partial charge in [0.15, 0.2) is 0 Å². The monoisotopic (exact) mass is 529 g/mol. The predicted molar refractivity (Wildman–Crippen MR) is 144 cm³/mol. The maximum absolute atomic E-state index is 13.7. The molecule has 1 fully saturated rings. The molecular weight excluding hydrogens is 498 g/mol. The Bertz CT molecular complexity index is 1260. The zero-order chi connectivity index (χ0) is 27.9. The number of rotatable bonds is 11. The van der Waals surface area contributed by atoms with Crippen LogP contribution in [-0.4, -0.2) is 49.6 Å².